The Morgan fingerprint density at radius 3 is 2.40 bits per heavy atom. The van der Waals surface area contributed by atoms with Crippen molar-refractivity contribution in [1.82, 2.24) is 15.8 Å². The van der Waals surface area contributed by atoms with E-state index in [9.17, 15) is 14.4 Å². The first-order valence-electron chi connectivity index (χ1n) is 5.96. The predicted molar refractivity (Wildman–Crippen MR) is 71.2 cm³/mol. The van der Waals surface area contributed by atoms with Crippen LogP contribution in [0.3, 0.4) is 0 Å². The zero-order valence-corrected chi connectivity index (χ0v) is 11.4. The molecule has 3 amide bonds. The quantitative estimate of drug-likeness (QED) is 0.617. The summed E-state index contributed by atoms with van der Waals surface area (Å²) in [6.45, 7) is 1.22. The summed E-state index contributed by atoms with van der Waals surface area (Å²) in [5, 5.41) is 3.45. The number of carbonyl (C=O) groups excluding carboxylic acids is 3. The second-order valence-electron chi connectivity index (χ2n) is 3.97. The number of nitrogens with zero attached hydrogens (tertiary/aromatic N) is 1. The smallest absolute Gasteiger partial charge is 0.336 e. The highest BCUT2D eigenvalue weighted by Gasteiger charge is 2.16. The van der Waals surface area contributed by atoms with Gasteiger partial charge in [0.25, 0.3) is 0 Å². The minimum atomic E-state index is -0.588. The molecule has 1 aromatic rings. The van der Waals surface area contributed by atoms with Crippen molar-refractivity contribution in [3.05, 3.63) is 35.9 Å². The average Bonchev–Trinajstić information content (AvgIpc) is 2.44. The number of nitrogens with one attached hydrogen (secondary N) is 2. The fraction of sp³-hybridized carbons (Fsp3) is 0.308. The van der Waals surface area contributed by atoms with Gasteiger partial charge in [0, 0.05) is 6.92 Å². The molecular formula is C13H17N3O4. The third-order valence-electron chi connectivity index (χ3n) is 2.33. The van der Waals surface area contributed by atoms with E-state index in [1.54, 1.807) is 0 Å². The largest absolute Gasteiger partial charge is 0.468 e. The number of hydrogen-bond acceptors (Lipinski definition) is 4. The van der Waals surface area contributed by atoms with E-state index in [2.05, 4.69) is 15.5 Å². The number of rotatable bonds is 4. The van der Waals surface area contributed by atoms with Crippen LogP contribution >= 0.6 is 0 Å². The van der Waals surface area contributed by atoms with Crippen LogP contribution in [0.5, 0.6) is 0 Å². The van der Waals surface area contributed by atoms with E-state index >= 15 is 0 Å². The second-order valence-corrected chi connectivity index (χ2v) is 3.97. The van der Waals surface area contributed by atoms with Gasteiger partial charge in [-0.3, -0.25) is 15.0 Å². The zero-order valence-electron chi connectivity index (χ0n) is 11.4. The molecule has 0 aromatic heterocycles. The number of benzene rings is 1. The lowest BCUT2D eigenvalue weighted by molar-refractivity contribution is -0.139. The zero-order chi connectivity index (χ0) is 15.0. The topological polar surface area (TPSA) is 87.7 Å². The van der Waals surface area contributed by atoms with E-state index < -0.39 is 12.0 Å². The summed E-state index contributed by atoms with van der Waals surface area (Å²) >= 11 is 0. The molecule has 0 aliphatic heterocycles. The molecule has 0 aliphatic carbocycles. The fourth-order valence-corrected chi connectivity index (χ4v) is 1.43. The first-order valence-corrected chi connectivity index (χ1v) is 5.96. The molecule has 0 radical (unpaired) electrons. The van der Waals surface area contributed by atoms with Crippen molar-refractivity contribution in [3.8, 4) is 0 Å². The van der Waals surface area contributed by atoms with Gasteiger partial charge < -0.3 is 10.1 Å². The van der Waals surface area contributed by atoms with Gasteiger partial charge in [-0.05, 0) is 5.56 Å². The Morgan fingerprint density at radius 2 is 1.85 bits per heavy atom. The summed E-state index contributed by atoms with van der Waals surface area (Å²) in [5.41, 5.74) is 3.24. The SMILES string of the molecule is COC(=O)CNC(=O)N(Cc1ccccc1)NC(C)=O. The molecule has 7 heteroatoms. The Hall–Kier alpha value is -2.57. The van der Waals surface area contributed by atoms with Gasteiger partial charge in [0.1, 0.15) is 6.54 Å². The summed E-state index contributed by atoms with van der Waals surface area (Å²) in [6, 6.07) is 8.56. The van der Waals surface area contributed by atoms with Crippen molar-refractivity contribution in [2.24, 2.45) is 0 Å². The molecular weight excluding hydrogens is 262 g/mol. The highest BCUT2D eigenvalue weighted by molar-refractivity contribution is 5.83. The van der Waals surface area contributed by atoms with Crippen LogP contribution in [0.25, 0.3) is 0 Å². The molecule has 0 heterocycles. The summed E-state index contributed by atoms with van der Waals surface area (Å²) in [6.07, 6.45) is 0. The molecule has 7 nitrogen and oxygen atoms in total. The lowest BCUT2D eigenvalue weighted by Crippen LogP contribution is -2.50. The normalized spacial score (nSPS) is 9.50. The first kappa shape index (κ1) is 15.5. The molecule has 108 valence electrons. The number of methoxy groups -OCH3 is 1. The van der Waals surface area contributed by atoms with Gasteiger partial charge in [-0.1, -0.05) is 30.3 Å². The summed E-state index contributed by atoms with van der Waals surface area (Å²) in [4.78, 5) is 34.0. The number of ether oxygens (including phenoxy) is 1. The Balaban J connectivity index is 2.66. The van der Waals surface area contributed by atoms with Crippen LogP contribution in [-0.2, 0) is 20.9 Å². The number of carbonyl (C=O) groups is 3. The van der Waals surface area contributed by atoms with Gasteiger partial charge in [-0.2, -0.15) is 0 Å². The van der Waals surface area contributed by atoms with E-state index in [4.69, 9.17) is 0 Å². The van der Waals surface area contributed by atoms with Crippen LogP contribution in [0.15, 0.2) is 30.3 Å². The Morgan fingerprint density at radius 1 is 1.20 bits per heavy atom. The molecule has 1 aromatic carbocycles. The van der Waals surface area contributed by atoms with E-state index in [1.807, 2.05) is 30.3 Å². The number of hydrogen-bond donors (Lipinski definition) is 2. The van der Waals surface area contributed by atoms with Crippen molar-refractivity contribution in [2.45, 2.75) is 13.5 Å². The summed E-state index contributed by atoms with van der Waals surface area (Å²) < 4.78 is 4.42. The molecule has 0 aliphatic rings. The van der Waals surface area contributed by atoms with Gasteiger partial charge in [0.15, 0.2) is 0 Å². The molecule has 0 unspecified atom stereocenters. The van der Waals surface area contributed by atoms with Gasteiger partial charge >= 0.3 is 12.0 Å². The molecule has 0 spiro atoms. The lowest BCUT2D eigenvalue weighted by atomic mass is 10.2. The molecule has 0 bridgehead atoms. The summed E-state index contributed by atoms with van der Waals surface area (Å²) in [7, 11) is 1.23. The van der Waals surface area contributed by atoms with Gasteiger partial charge in [0.2, 0.25) is 5.91 Å². The Labute approximate surface area is 116 Å². The average molecular weight is 279 g/mol. The maximum Gasteiger partial charge on any atom is 0.336 e. The van der Waals surface area contributed by atoms with Crippen molar-refractivity contribution < 1.29 is 19.1 Å². The molecule has 1 rings (SSSR count). The summed E-state index contributed by atoms with van der Waals surface area (Å²) in [5.74, 6) is -0.949. The third-order valence-corrected chi connectivity index (χ3v) is 2.33. The van der Waals surface area contributed by atoms with Crippen LogP contribution < -0.4 is 10.7 Å². The maximum absolute atomic E-state index is 11.9. The van der Waals surface area contributed by atoms with Crippen molar-refractivity contribution in [1.29, 1.82) is 0 Å². The molecule has 0 saturated carbocycles. The van der Waals surface area contributed by atoms with Crippen molar-refractivity contribution in [2.75, 3.05) is 13.7 Å². The lowest BCUT2D eigenvalue weighted by Gasteiger charge is -2.22. The van der Waals surface area contributed by atoms with E-state index in [1.165, 1.54) is 14.0 Å². The number of amides is 3. The standard InChI is InChI=1S/C13H17N3O4/c1-10(17)15-16(9-11-6-4-3-5-7-11)13(19)14-8-12(18)20-2/h3-7H,8-9H2,1-2H3,(H,14,19)(H,15,17). The van der Waals surface area contributed by atoms with Crippen molar-refractivity contribution in [3.63, 3.8) is 0 Å². The molecule has 0 saturated heterocycles. The second kappa shape index (κ2) is 7.78. The van der Waals surface area contributed by atoms with E-state index in [-0.39, 0.29) is 19.0 Å². The van der Waals surface area contributed by atoms with Crippen LogP contribution in [0.4, 0.5) is 4.79 Å². The van der Waals surface area contributed by atoms with Crippen molar-refractivity contribution >= 4 is 17.9 Å². The maximum atomic E-state index is 11.9. The number of hydrazine groups is 1. The van der Waals surface area contributed by atoms with Gasteiger partial charge in [0.05, 0.1) is 13.7 Å². The van der Waals surface area contributed by atoms with Crippen LogP contribution in [0.2, 0.25) is 0 Å². The van der Waals surface area contributed by atoms with E-state index in [0.717, 1.165) is 10.6 Å². The Bertz CT molecular complexity index is 476. The first-order chi connectivity index (χ1) is 9.52. The number of esters is 1. The molecule has 0 fully saturated rings. The third kappa shape index (κ3) is 5.38. The van der Waals surface area contributed by atoms with E-state index in [0.29, 0.717) is 0 Å². The molecule has 0 atom stereocenters. The van der Waals surface area contributed by atoms with Crippen LogP contribution in [0.1, 0.15) is 12.5 Å². The fourth-order valence-electron chi connectivity index (χ4n) is 1.43. The van der Waals surface area contributed by atoms with Gasteiger partial charge in [-0.25, -0.2) is 9.80 Å². The van der Waals surface area contributed by atoms with Crippen LogP contribution in [-0.4, -0.2) is 36.6 Å². The predicted octanol–water partition coefficient (Wildman–Crippen LogP) is 0.422. The molecule has 20 heavy (non-hydrogen) atoms. The van der Waals surface area contributed by atoms with Crippen LogP contribution in [0, 0.1) is 0 Å². The monoisotopic (exact) mass is 279 g/mol. The van der Waals surface area contributed by atoms with Gasteiger partial charge in [-0.15, -0.1) is 0 Å². The highest BCUT2D eigenvalue weighted by Crippen LogP contribution is 2.02. The Kier molecular flexibility index (Phi) is 6.02. The minimum absolute atomic E-state index is 0.188. The highest BCUT2D eigenvalue weighted by atomic mass is 16.5. The number of urea groups is 1. The molecule has 2 N–H and O–H groups in total. The minimum Gasteiger partial charge on any atom is -0.468 e.